The SMILES string of the molecule is CCC/C(=C\C(=NC)c1ccc(NC(=O)/N=C(\SCC)N(C=O)c2cc(C)ccc2OCCC(F)(F)CC)c(F)c1)N(C)C(=O)c1ccc(C(F)(F)F)cc1. The molecule has 0 aliphatic carbocycles. The molecule has 9 nitrogen and oxygen atoms in total. The number of aliphatic imine (C=N–C) groups is 2. The predicted molar refractivity (Wildman–Crippen MR) is 205 cm³/mol. The Hall–Kier alpha value is -5.12. The van der Waals surface area contributed by atoms with Crippen molar-refractivity contribution < 1.29 is 45.5 Å². The highest BCUT2D eigenvalue weighted by Crippen LogP contribution is 2.33. The van der Waals surface area contributed by atoms with E-state index >= 15 is 4.39 Å². The monoisotopic (exact) mass is 791 g/mol. The molecule has 0 aromatic heterocycles. The Morgan fingerprint density at radius 2 is 1.64 bits per heavy atom. The predicted octanol–water partition coefficient (Wildman–Crippen LogP) is 10.1. The van der Waals surface area contributed by atoms with Crippen LogP contribution in [0.3, 0.4) is 0 Å². The molecule has 0 bridgehead atoms. The molecule has 0 fully saturated rings. The molecule has 3 rings (SSSR count). The largest absolute Gasteiger partial charge is 0.491 e. The molecule has 3 aromatic rings. The lowest BCUT2D eigenvalue weighted by Gasteiger charge is -2.23. The van der Waals surface area contributed by atoms with E-state index in [0.717, 1.165) is 47.0 Å². The number of hydrogen-bond acceptors (Lipinski definition) is 6. The van der Waals surface area contributed by atoms with Crippen LogP contribution in [0.5, 0.6) is 5.75 Å². The molecule has 0 aliphatic heterocycles. The first-order valence-electron chi connectivity index (χ1n) is 17.3. The quantitative estimate of drug-likeness (QED) is 0.0715. The molecule has 1 N–H and O–H groups in total. The van der Waals surface area contributed by atoms with E-state index in [-0.39, 0.29) is 46.6 Å². The van der Waals surface area contributed by atoms with Gasteiger partial charge in [0.15, 0.2) is 5.17 Å². The van der Waals surface area contributed by atoms with E-state index in [1.54, 1.807) is 32.1 Å². The Bertz CT molecular complexity index is 1920. The normalized spacial score (nSPS) is 12.7. The number of amides is 4. The fraction of sp³-hybridized carbons (Fsp3) is 0.359. The number of carbonyl (C=O) groups excluding carboxylic acids is 3. The molecule has 296 valence electrons. The first kappa shape index (κ1) is 44.3. The number of anilines is 2. The van der Waals surface area contributed by atoms with Crippen LogP contribution in [0.15, 0.2) is 82.4 Å². The topological polar surface area (TPSA) is 104 Å². The van der Waals surface area contributed by atoms with Gasteiger partial charge in [0.05, 0.1) is 29.3 Å². The van der Waals surface area contributed by atoms with Gasteiger partial charge in [-0.25, -0.2) is 18.0 Å². The smallest absolute Gasteiger partial charge is 0.416 e. The van der Waals surface area contributed by atoms with Gasteiger partial charge in [-0.2, -0.15) is 18.2 Å². The average Bonchev–Trinajstić information content (AvgIpc) is 3.14. The molecule has 0 radical (unpaired) electrons. The van der Waals surface area contributed by atoms with Crippen LogP contribution in [-0.2, 0) is 11.0 Å². The lowest BCUT2D eigenvalue weighted by molar-refractivity contribution is -0.137. The van der Waals surface area contributed by atoms with Crippen molar-refractivity contribution >= 4 is 52.4 Å². The lowest BCUT2D eigenvalue weighted by atomic mass is 10.1. The van der Waals surface area contributed by atoms with Gasteiger partial charge in [-0.3, -0.25) is 19.5 Å². The second-order valence-electron chi connectivity index (χ2n) is 12.1. The number of hydrogen-bond donors (Lipinski definition) is 1. The molecular weight excluding hydrogens is 749 g/mol. The second-order valence-corrected chi connectivity index (χ2v) is 13.4. The summed E-state index contributed by atoms with van der Waals surface area (Å²) in [5.74, 6) is -3.83. The van der Waals surface area contributed by atoms with Gasteiger partial charge in [0.1, 0.15) is 11.6 Å². The number of halogens is 6. The van der Waals surface area contributed by atoms with Crippen molar-refractivity contribution in [1.82, 2.24) is 4.90 Å². The van der Waals surface area contributed by atoms with Crippen LogP contribution in [0.4, 0.5) is 42.5 Å². The first-order chi connectivity index (χ1) is 26.0. The molecule has 3 aromatic carbocycles. The number of benzene rings is 3. The Labute approximate surface area is 320 Å². The third-order valence-corrected chi connectivity index (χ3v) is 8.99. The van der Waals surface area contributed by atoms with Gasteiger partial charge < -0.3 is 15.0 Å². The molecule has 16 heteroatoms. The summed E-state index contributed by atoms with van der Waals surface area (Å²) in [6.07, 6.45) is -2.48. The van der Waals surface area contributed by atoms with E-state index in [1.165, 1.54) is 44.1 Å². The molecule has 0 saturated heterocycles. The van der Waals surface area contributed by atoms with Crippen LogP contribution in [-0.4, -0.2) is 66.5 Å². The van der Waals surface area contributed by atoms with Crippen LogP contribution in [0, 0.1) is 12.7 Å². The third-order valence-electron chi connectivity index (χ3n) is 8.15. The Morgan fingerprint density at radius 3 is 2.20 bits per heavy atom. The maximum Gasteiger partial charge on any atom is 0.416 e. The number of urea groups is 1. The summed E-state index contributed by atoms with van der Waals surface area (Å²) in [4.78, 5) is 49.3. The van der Waals surface area contributed by atoms with Crippen LogP contribution in [0.2, 0.25) is 0 Å². The minimum atomic E-state index is -4.55. The van der Waals surface area contributed by atoms with Crippen LogP contribution < -0.4 is 15.0 Å². The fourth-order valence-electron chi connectivity index (χ4n) is 5.07. The van der Waals surface area contributed by atoms with Crippen LogP contribution in [0.25, 0.3) is 0 Å². The fourth-order valence-corrected chi connectivity index (χ4v) is 5.76. The van der Waals surface area contributed by atoms with Gasteiger partial charge in [0.2, 0.25) is 6.41 Å². The number of carbonyl (C=O) groups is 3. The zero-order valence-corrected chi connectivity index (χ0v) is 32.1. The van der Waals surface area contributed by atoms with Gasteiger partial charge in [-0.1, -0.05) is 51.1 Å². The summed E-state index contributed by atoms with van der Waals surface area (Å²) >= 11 is 1.04. The zero-order chi connectivity index (χ0) is 40.9. The van der Waals surface area contributed by atoms with Crippen molar-refractivity contribution in [3.8, 4) is 5.75 Å². The van der Waals surface area contributed by atoms with Crippen LogP contribution >= 0.6 is 11.8 Å². The summed E-state index contributed by atoms with van der Waals surface area (Å²) in [6, 6.07) is 11.5. The van der Waals surface area contributed by atoms with Crippen molar-refractivity contribution in [3.63, 3.8) is 0 Å². The number of nitrogens with zero attached hydrogens (tertiary/aromatic N) is 4. The number of thioether (sulfide) groups is 1. The highest BCUT2D eigenvalue weighted by Gasteiger charge is 2.31. The average molecular weight is 792 g/mol. The number of rotatable bonds is 15. The highest BCUT2D eigenvalue weighted by atomic mass is 32.2. The van der Waals surface area contributed by atoms with Crippen molar-refractivity contribution in [3.05, 3.63) is 101 Å². The summed E-state index contributed by atoms with van der Waals surface area (Å²) in [7, 11) is 2.94. The minimum Gasteiger partial charge on any atom is -0.491 e. The van der Waals surface area contributed by atoms with E-state index in [1.807, 2.05) is 6.92 Å². The summed E-state index contributed by atoms with van der Waals surface area (Å²) in [5, 5.41) is 2.29. The van der Waals surface area contributed by atoms with E-state index in [4.69, 9.17) is 4.74 Å². The molecule has 0 heterocycles. The van der Waals surface area contributed by atoms with Crippen LogP contribution in [0.1, 0.15) is 73.5 Å². The maximum atomic E-state index is 15.5. The number of alkyl halides is 5. The molecule has 0 saturated carbocycles. The summed E-state index contributed by atoms with van der Waals surface area (Å²) in [6.45, 7) is 6.42. The first-order valence-corrected chi connectivity index (χ1v) is 18.3. The molecule has 0 spiro atoms. The van der Waals surface area contributed by atoms with E-state index in [9.17, 15) is 36.3 Å². The minimum absolute atomic E-state index is 0.0421. The van der Waals surface area contributed by atoms with Crippen molar-refractivity contribution in [2.24, 2.45) is 9.98 Å². The molecule has 0 aliphatic rings. The van der Waals surface area contributed by atoms with Gasteiger partial charge in [0, 0.05) is 43.8 Å². The number of aryl methyl sites for hydroxylation is 1. The van der Waals surface area contributed by atoms with Gasteiger partial charge in [-0.15, -0.1) is 0 Å². The van der Waals surface area contributed by atoms with Crippen molar-refractivity contribution in [2.75, 3.05) is 36.7 Å². The van der Waals surface area contributed by atoms with Gasteiger partial charge in [-0.05, 0) is 79.3 Å². The highest BCUT2D eigenvalue weighted by molar-refractivity contribution is 8.14. The van der Waals surface area contributed by atoms with E-state index in [2.05, 4.69) is 15.3 Å². The Morgan fingerprint density at radius 1 is 0.964 bits per heavy atom. The Balaban J connectivity index is 1.86. The van der Waals surface area contributed by atoms with E-state index in [0.29, 0.717) is 41.8 Å². The van der Waals surface area contributed by atoms with Crippen molar-refractivity contribution in [2.45, 2.75) is 65.5 Å². The summed E-state index contributed by atoms with van der Waals surface area (Å²) in [5.41, 5.74) is 0.853. The third kappa shape index (κ3) is 12.5. The van der Waals surface area contributed by atoms with Crippen molar-refractivity contribution in [1.29, 1.82) is 0 Å². The zero-order valence-electron chi connectivity index (χ0n) is 31.3. The molecule has 0 atom stereocenters. The molecule has 0 unspecified atom stereocenters. The molecular formula is C39H43F6N5O4S. The molecule has 4 amide bonds. The lowest BCUT2D eigenvalue weighted by Crippen LogP contribution is -2.29. The standard InChI is InChI=1S/C39H43F6N5O4S/c1-7-10-29(49(6)35(52)26-12-15-28(16-13-26)39(43,44)45)23-32(46-5)27-14-17-31(30(40)22-27)47-36(53)48-37(55-9-3)50(24-51)33-21-25(4)11-18-34(33)54-20-19-38(41,42)8-2/h11-18,21-24H,7-10,19-20H2,1-6H3,(H,47,53)/b29-23+,46-32?,48-37-. The second kappa shape index (κ2) is 20.0. The van der Waals surface area contributed by atoms with Gasteiger partial charge >= 0.3 is 12.2 Å². The Kier molecular flexibility index (Phi) is 16.1. The molecule has 55 heavy (non-hydrogen) atoms. The number of ether oxygens (including phenoxy) is 1. The number of allylic oxidation sites excluding steroid dienone is 2. The number of nitrogens with one attached hydrogen (secondary N) is 1. The van der Waals surface area contributed by atoms with E-state index < -0.39 is 41.8 Å². The van der Waals surface area contributed by atoms with Gasteiger partial charge in [0.25, 0.3) is 11.8 Å². The summed E-state index contributed by atoms with van der Waals surface area (Å²) < 4.78 is 87.9. The maximum absolute atomic E-state index is 15.5. The number of amidine groups is 1.